The Hall–Kier alpha value is -1.95. The lowest BCUT2D eigenvalue weighted by atomic mass is 10.1. The second kappa shape index (κ2) is 4.97. The Balaban J connectivity index is 1.81. The van der Waals surface area contributed by atoms with Crippen molar-refractivity contribution >= 4 is 28.2 Å². The summed E-state index contributed by atoms with van der Waals surface area (Å²) < 4.78 is 1.76. The van der Waals surface area contributed by atoms with Gasteiger partial charge in [0.25, 0.3) is 0 Å². The van der Waals surface area contributed by atoms with E-state index in [0.717, 1.165) is 23.3 Å². The number of fused-ring (bicyclic) bond motifs is 1. The molecule has 0 fully saturated rings. The lowest BCUT2D eigenvalue weighted by molar-refractivity contribution is 0.781. The molecule has 0 spiro atoms. The first kappa shape index (κ1) is 12.1. The second-order valence-corrected chi connectivity index (χ2v) is 5.39. The molecule has 3 heterocycles. The van der Waals surface area contributed by atoms with Crippen molar-refractivity contribution in [1.82, 2.24) is 19.7 Å². The van der Waals surface area contributed by atoms with Crippen LogP contribution >= 0.6 is 11.3 Å². The van der Waals surface area contributed by atoms with Crippen LogP contribution in [0.5, 0.6) is 0 Å². The summed E-state index contributed by atoms with van der Waals surface area (Å²) in [7, 11) is 1.88. The Morgan fingerprint density at radius 3 is 3.11 bits per heavy atom. The van der Waals surface area contributed by atoms with Crippen molar-refractivity contribution in [3.8, 4) is 0 Å². The number of hydrogen-bond acceptors (Lipinski definition) is 5. The van der Waals surface area contributed by atoms with E-state index < -0.39 is 0 Å². The minimum atomic E-state index is 0.313. The highest BCUT2D eigenvalue weighted by Gasteiger charge is 2.10. The van der Waals surface area contributed by atoms with E-state index in [4.69, 9.17) is 0 Å². The zero-order valence-electron chi connectivity index (χ0n) is 10.9. The molecule has 0 aliphatic carbocycles. The predicted octanol–water partition coefficient (Wildman–Crippen LogP) is 2.47. The fraction of sp³-hybridized carbons (Fsp3) is 0.308. The number of hydrogen-bond donors (Lipinski definition) is 1. The highest BCUT2D eigenvalue weighted by atomic mass is 32.1. The first-order valence-corrected chi connectivity index (χ1v) is 7.08. The Kier molecular flexibility index (Phi) is 3.16. The van der Waals surface area contributed by atoms with Crippen molar-refractivity contribution in [3.05, 3.63) is 34.9 Å². The molecule has 0 aliphatic rings. The number of nitrogens with one attached hydrogen (secondary N) is 1. The number of rotatable bonds is 4. The predicted molar refractivity (Wildman–Crippen MR) is 77.4 cm³/mol. The average molecular weight is 273 g/mol. The molecule has 0 bridgehead atoms. The average Bonchev–Trinajstić information content (AvgIpc) is 3.01. The summed E-state index contributed by atoms with van der Waals surface area (Å²) in [5, 5.41) is 12.9. The summed E-state index contributed by atoms with van der Waals surface area (Å²) in [4.78, 5) is 8.55. The van der Waals surface area contributed by atoms with Crippen molar-refractivity contribution in [2.75, 3.05) is 5.32 Å². The van der Waals surface area contributed by atoms with E-state index in [9.17, 15) is 0 Å². The highest BCUT2D eigenvalue weighted by Crippen LogP contribution is 2.19. The molecular weight excluding hydrogens is 258 g/mol. The monoisotopic (exact) mass is 273 g/mol. The van der Waals surface area contributed by atoms with Gasteiger partial charge in [0.1, 0.15) is 12.1 Å². The third kappa shape index (κ3) is 2.44. The Morgan fingerprint density at radius 1 is 1.42 bits per heavy atom. The van der Waals surface area contributed by atoms with Crippen LogP contribution in [0.1, 0.15) is 12.5 Å². The van der Waals surface area contributed by atoms with Crippen molar-refractivity contribution in [2.45, 2.75) is 19.4 Å². The number of anilines is 1. The fourth-order valence-electron chi connectivity index (χ4n) is 2.12. The second-order valence-electron chi connectivity index (χ2n) is 4.61. The molecular formula is C13H15N5S. The van der Waals surface area contributed by atoms with E-state index >= 15 is 0 Å². The van der Waals surface area contributed by atoms with Gasteiger partial charge in [0, 0.05) is 13.1 Å². The van der Waals surface area contributed by atoms with Crippen LogP contribution in [0.4, 0.5) is 5.82 Å². The Bertz CT molecular complexity index is 673. The van der Waals surface area contributed by atoms with Gasteiger partial charge in [-0.2, -0.15) is 16.4 Å². The fourth-order valence-corrected chi connectivity index (χ4v) is 2.81. The first-order valence-electron chi connectivity index (χ1n) is 6.14. The molecule has 3 aromatic rings. The maximum absolute atomic E-state index is 4.32. The standard InChI is InChI=1S/C13H15N5S/c1-9(5-10-3-4-19-7-10)17-12-11-6-16-18(2)13(11)15-8-14-12/h3-4,6-9H,5H2,1-2H3,(H,14,15,17). The van der Waals surface area contributed by atoms with Crippen LogP contribution in [0.3, 0.4) is 0 Å². The molecule has 98 valence electrons. The van der Waals surface area contributed by atoms with E-state index in [-0.39, 0.29) is 0 Å². The van der Waals surface area contributed by atoms with Gasteiger partial charge in [0.2, 0.25) is 0 Å². The van der Waals surface area contributed by atoms with Crippen molar-refractivity contribution in [3.63, 3.8) is 0 Å². The zero-order valence-corrected chi connectivity index (χ0v) is 11.7. The minimum Gasteiger partial charge on any atom is -0.367 e. The van der Waals surface area contributed by atoms with E-state index in [1.807, 2.05) is 7.05 Å². The van der Waals surface area contributed by atoms with E-state index in [0.29, 0.717) is 6.04 Å². The van der Waals surface area contributed by atoms with Crippen LogP contribution < -0.4 is 5.32 Å². The van der Waals surface area contributed by atoms with Gasteiger partial charge < -0.3 is 5.32 Å². The molecule has 3 rings (SSSR count). The maximum atomic E-state index is 4.32. The molecule has 0 saturated carbocycles. The van der Waals surface area contributed by atoms with E-state index in [1.54, 1.807) is 28.5 Å². The summed E-state index contributed by atoms with van der Waals surface area (Å²) >= 11 is 1.73. The SMILES string of the molecule is CC(Cc1ccsc1)Nc1ncnc2c1cnn2C. The summed E-state index contributed by atoms with van der Waals surface area (Å²) in [6.07, 6.45) is 4.36. The molecule has 0 amide bonds. The molecule has 5 nitrogen and oxygen atoms in total. The van der Waals surface area contributed by atoms with Gasteiger partial charge in [0.15, 0.2) is 5.65 Å². The van der Waals surface area contributed by atoms with Gasteiger partial charge in [-0.3, -0.25) is 4.68 Å². The van der Waals surface area contributed by atoms with E-state index in [1.165, 1.54) is 5.56 Å². The molecule has 3 aromatic heterocycles. The molecule has 0 aromatic carbocycles. The third-order valence-electron chi connectivity index (χ3n) is 3.03. The van der Waals surface area contributed by atoms with Gasteiger partial charge in [-0.1, -0.05) is 0 Å². The number of nitrogens with zero attached hydrogens (tertiary/aromatic N) is 4. The molecule has 0 aliphatic heterocycles. The number of aryl methyl sites for hydroxylation is 1. The molecule has 1 unspecified atom stereocenters. The molecule has 6 heteroatoms. The summed E-state index contributed by atoms with van der Waals surface area (Å²) in [6, 6.07) is 2.47. The molecule has 1 N–H and O–H groups in total. The van der Waals surface area contributed by atoms with Crippen LogP contribution in [-0.4, -0.2) is 25.8 Å². The lowest BCUT2D eigenvalue weighted by Gasteiger charge is -2.14. The topological polar surface area (TPSA) is 55.6 Å². The number of aromatic nitrogens is 4. The van der Waals surface area contributed by atoms with Crippen LogP contribution in [0.15, 0.2) is 29.4 Å². The van der Waals surface area contributed by atoms with Crippen LogP contribution in [0.2, 0.25) is 0 Å². The molecule has 0 saturated heterocycles. The van der Waals surface area contributed by atoms with Gasteiger partial charge in [0.05, 0.1) is 11.6 Å². The van der Waals surface area contributed by atoms with Crippen molar-refractivity contribution in [1.29, 1.82) is 0 Å². The van der Waals surface area contributed by atoms with Gasteiger partial charge in [-0.25, -0.2) is 9.97 Å². The number of thiophene rings is 1. The highest BCUT2D eigenvalue weighted by molar-refractivity contribution is 7.07. The normalized spacial score (nSPS) is 12.7. The summed E-state index contributed by atoms with van der Waals surface area (Å²) in [5.41, 5.74) is 2.20. The maximum Gasteiger partial charge on any atom is 0.163 e. The first-order chi connectivity index (χ1) is 9.24. The third-order valence-corrected chi connectivity index (χ3v) is 3.77. The Morgan fingerprint density at radius 2 is 2.32 bits per heavy atom. The largest absolute Gasteiger partial charge is 0.367 e. The van der Waals surface area contributed by atoms with Crippen LogP contribution in [0, 0.1) is 0 Å². The molecule has 19 heavy (non-hydrogen) atoms. The van der Waals surface area contributed by atoms with Crippen LogP contribution in [-0.2, 0) is 13.5 Å². The quantitative estimate of drug-likeness (QED) is 0.793. The molecule has 1 atom stereocenters. The Labute approximate surface area is 115 Å². The van der Waals surface area contributed by atoms with Crippen LogP contribution in [0.25, 0.3) is 11.0 Å². The smallest absolute Gasteiger partial charge is 0.163 e. The van der Waals surface area contributed by atoms with Gasteiger partial charge in [-0.05, 0) is 35.7 Å². The van der Waals surface area contributed by atoms with Crippen molar-refractivity contribution < 1.29 is 0 Å². The van der Waals surface area contributed by atoms with Gasteiger partial charge >= 0.3 is 0 Å². The zero-order chi connectivity index (χ0) is 13.2. The molecule has 0 radical (unpaired) electrons. The summed E-state index contributed by atoms with van der Waals surface area (Å²) in [5.74, 6) is 0.848. The minimum absolute atomic E-state index is 0.313. The summed E-state index contributed by atoms with van der Waals surface area (Å²) in [6.45, 7) is 2.15. The lowest BCUT2D eigenvalue weighted by Crippen LogP contribution is -2.18. The van der Waals surface area contributed by atoms with Gasteiger partial charge in [-0.15, -0.1) is 0 Å². The van der Waals surface area contributed by atoms with E-state index in [2.05, 4.69) is 44.1 Å². The van der Waals surface area contributed by atoms with Crippen molar-refractivity contribution in [2.24, 2.45) is 7.05 Å².